The highest BCUT2D eigenvalue weighted by Crippen LogP contribution is 1.98. The van der Waals surface area contributed by atoms with E-state index in [4.69, 9.17) is 0 Å². The summed E-state index contributed by atoms with van der Waals surface area (Å²) in [5.41, 5.74) is 0. The second-order valence-corrected chi connectivity index (χ2v) is 1.84. The van der Waals surface area contributed by atoms with E-state index in [0.717, 1.165) is 0 Å². The van der Waals surface area contributed by atoms with E-state index < -0.39 is 0 Å². The van der Waals surface area contributed by atoms with Crippen LogP contribution in [0.1, 0.15) is 26.7 Å². The van der Waals surface area contributed by atoms with Gasteiger partial charge in [-0.05, 0) is 12.8 Å². The fourth-order valence-electron chi connectivity index (χ4n) is 0.542. The van der Waals surface area contributed by atoms with Gasteiger partial charge in [-0.2, -0.15) is 0 Å². The first-order chi connectivity index (χ1) is 5.41. The molecule has 0 aliphatic heterocycles. The van der Waals surface area contributed by atoms with E-state index >= 15 is 0 Å². The van der Waals surface area contributed by atoms with Crippen LogP contribution < -0.4 is 0 Å². The van der Waals surface area contributed by atoms with Gasteiger partial charge < -0.3 is 4.74 Å². The molecule has 0 aromatic carbocycles. The first kappa shape index (κ1) is 13.1. The maximum atomic E-state index is 4.25. The Hall–Kier alpha value is -0.560. The normalized spacial score (nSPS) is 12.4. The van der Waals surface area contributed by atoms with Crippen molar-refractivity contribution in [2.75, 3.05) is 14.2 Å². The molecule has 1 aliphatic rings. The third-order valence-electron chi connectivity index (χ3n) is 0.883. The molecule has 0 atom stereocenters. The van der Waals surface area contributed by atoms with Crippen molar-refractivity contribution in [3.05, 3.63) is 24.3 Å². The highest BCUT2D eigenvalue weighted by atomic mass is 16.4. The molecule has 0 aromatic rings. The van der Waals surface area contributed by atoms with Gasteiger partial charge in [-0.25, -0.2) is 0 Å². The van der Waals surface area contributed by atoms with Crippen molar-refractivity contribution in [3.8, 4) is 0 Å². The van der Waals surface area contributed by atoms with Crippen LogP contribution in [0, 0.1) is 0 Å². The van der Waals surface area contributed by atoms with Crippen molar-refractivity contribution in [2.24, 2.45) is 0 Å². The van der Waals surface area contributed by atoms with Crippen LogP contribution in [0.4, 0.5) is 0 Å². The maximum Gasteiger partial charge on any atom is 0.0351 e. The van der Waals surface area contributed by atoms with Gasteiger partial charge in [0.2, 0.25) is 0 Å². The third kappa shape index (κ3) is 17.7. The van der Waals surface area contributed by atoms with Crippen LogP contribution in [0.25, 0.3) is 0 Å². The summed E-state index contributed by atoms with van der Waals surface area (Å²) in [6.07, 6.45) is 11.0. The molecule has 1 nitrogen and oxygen atoms in total. The zero-order valence-electron chi connectivity index (χ0n) is 8.13. The van der Waals surface area contributed by atoms with E-state index in [9.17, 15) is 0 Å². The first-order valence-electron chi connectivity index (χ1n) is 4.13. The second-order valence-electron chi connectivity index (χ2n) is 1.84. The summed E-state index contributed by atoms with van der Waals surface area (Å²) in [5.74, 6) is 0. The molecule has 1 heteroatoms. The van der Waals surface area contributed by atoms with Gasteiger partial charge in [0.1, 0.15) is 0 Å². The molecule has 0 N–H and O–H groups in total. The quantitative estimate of drug-likeness (QED) is 0.523. The average molecular weight is 156 g/mol. The summed E-state index contributed by atoms with van der Waals surface area (Å²) in [6, 6.07) is 0. The minimum Gasteiger partial charge on any atom is -0.388 e. The number of ether oxygens (including phenoxy) is 1. The molecule has 0 bridgehead atoms. The summed E-state index contributed by atoms with van der Waals surface area (Å²) in [5, 5.41) is 0. The Morgan fingerprint density at radius 3 is 1.27 bits per heavy atom. The van der Waals surface area contributed by atoms with E-state index in [-0.39, 0.29) is 0 Å². The van der Waals surface area contributed by atoms with Gasteiger partial charge in [0, 0.05) is 14.2 Å². The van der Waals surface area contributed by atoms with Crippen molar-refractivity contribution in [3.63, 3.8) is 0 Å². The van der Waals surface area contributed by atoms with E-state index in [1.165, 1.54) is 12.8 Å². The Morgan fingerprint density at radius 2 is 1.18 bits per heavy atom. The van der Waals surface area contributed by atoms with Crippen molar-refractivity contribution >= 4 is 0 Å². The lowest BCUT2D eigenvalue weighted by Crippen LogP contribution is -1.67. The zero-order valence-corrected chi connectivity index (χ0v) is 8.13. The van der Waals surface area contributed by atoms with Crippen LogP contribution in [0.3, 0.4) is 0 Å². The van der Waals surface area contributed by atoms with Crippen LogP contribution in [-0.4, -0.2) is 14.2 Å². The number of hydrogen-bond acceptors (Lipinski definition) is 1. The number of methoxy groups -OCH3 is 1. The van der Waals surface area contributed by atoms with Crippen molar-refractivity contribution in [1.29, 1.82) is 0 Å². The second kappa shape index (κ2) is 16.2. The summed E-state index contributed by atoms with van der Waals surface area (Å²) >= 11 is 0. The summed E-state index contributed by atoms with van der Waals surface area (Å²) in [6.45, 7) is 4.00. The molecule has 0 heterocycles. The molecule has 0 unspecified atom stereocenters. The fraction of sp³-hybridized carbons (Fsp3) is 0.600. The van der Waals surface area contributed by atoms with Crippen LogP contribution in [0.15, 0.2) is 24.3 Å². The van der Waals surface area contributed by atoms with E-state index in [2.05, 4.69) is 29.0 Å². The highest BCUT2D eigenvalue weighted by molar-refractivity contribution is 5.07. The number of allylic oxidation sites excluding steroid dienone is 4. The average Bonchev–Trinajstić information content (AvgIpc) is 2.12. The molecule has 0 spiro atoms. The molecule has 1 aliphatic carbocycles. The molecule has 1 rings (SSSR count). The summed E-state index contributed by atoms with van der Waals surface area (Å²) in [7, 11) is 3.25. The number of hydrogen-bond donors (Lipinski definition) is 0. The van der Waals surface area contributed by atoms with Crippen LogP contribution in [0.5, 0.6) is 0 Å². The monoisotopic (exact) mass is 156 g/mol. The fourth-order valence-corrected chi connectivity index (χ4v) is 0.542. The zero-order chi connectivity index (χ0) is 8.95. The van der Waals surface area contributed by atoms with Gasteiger partial charge >= 0.3 is 0 Å². The van der Waals surface area contributed by atoms with Crippen LogP contribution >= 0.6 is 0 Å². The van der Waals surface area contributed by atoms with Crippen LogP contribution in [-0.2, 0) is 4.74 Å². The van der Waals surface area contributed by atoms with Gasteiger partial charge in [0.25, 0.3) is 0 Å². The smallest absolute Gasteiger partial charge is 0.0351 e. The lowest BCUT2D eigenvalue weighted by atomic mass is 10.2. The molecule has 0 radical (unpaired) electrons. The Balaban J connectivity index is 0. The molecule has 0 saturated carbocycles. The van der Waals surface area contributed by atoms with Gasteiger partial charge in [-0.3, -0.25) is 0 Å². The van der Waals surface area contributed by atoms with E-state index in [0.29, 0.717) is 0 Å². The molecule has 66 valence electrons. The molecule has 11 heavy (non-hydrogen) atoms. The molecule has 0 saturated heterocycles. The SMILES string of the molecule is C1=CCCC=C1.CC.COC. The van der Waals surface area contributed by atoms with Gasteiger partial charge in [0.05, 0.1) is 0 Å². The molecular formula is C10H20O. The van der Waals surface area contributed by atoms with Gasteiger partial charge in [-0.1, -0.05) is 38.2 Å². The maximum absolute atomic E-state index is 4.25. The van der Waals surface area contributed by atoms with E-state index in [1.54, 1.807) is 14.2 Å². The van der Waals surface area contributed by atoms with Crippen LogP contribution in [0.2, 0.25) is 0 Å². The van der Waals surface area contributed by atoms with Gasteiger partial charge in [-0.15, -0.1) is 0 Å². The molecular weight excluding hydrogens is 136 g/mol. The predicted molar refractivity (Wildman–Crippen MR) is 51.8 cm³/mol. The number of rotatable bonds is 0. The van der Waals surface area contributed by atoms with Crippen molar-refractivity contribution in [2.45, 2.75) is 26.7 Å². The largest absolute Gasteiger partial charge is 0.388 e. The Bertz CT molecular complexity index is 81.0. The standard InChI is InChI=1S/C6H8.C2H6O.C2H6/c1-2-4-6-5-3-1;1-3-2;1-2/h1-4H,5-6H2;1-2H3;1-2H3. The Kier molecular flexibility index (Phi) is 19.3. The Morgan fingerprint density at radius 1 is 0.909 bits per heavy atom. The summed E-state index contributed by atoms with van der Waals surface area (Å²) in [4.78, 5) is 0. The van der Waals surface area contributed by atoms with Crippen molar-refractivity contribution < 1.29 is 4.74 Å². The topological polar surface area (TPSA) is 9.23 Å². The Labute approximate surface area is 70.8 Å². The molecule has 0 aromatic heterocycles. The molecule has 0 amide bonds. The third-order valence-corrected chi connectivity index (χ3v) is 0.883. The highest BCUT2D eigenvalue weighted by Gasteiger charge is 1.77. The van der Waals surface area contributed by atoms with Gasteiger partial charge in [0.15, 0.2) is 0 Å². The predicted octanol–water partition coefficient (Wildman–Crippen LogP) is 3.18. The van der Waals surface area contributed by atoms with Crippen molar-refractivity contribution in [1.82, 2.24) is 0 Å². The minimum absolute atomic E-state index is 1.23. The lowest BCUT2D eigenvalue weighted by Gasteiger charge is -1.88. The molecule has 0 fully saturated rings. The van der Waals surface area contributed by atoms with E-state index in [1.807, 2.05) is 13.8 Å². The first-order valence-corrected chi connectivity index (χ1v) is 4.13. The lowest BCUT2D eigenvalue weighted by molar-refractivity contribution is 0.277. The summed E-state index contributed by atoms with van der Waals surface area (Å²) < 4.78 is 4.25. The minimum atomic E-state index is 1.23.